The molecule has 9 nitrogen and oxygen atoms in total. The average molecular weight is 437 g/mol. The van der Waals surface area contributed by atoms with E-state index < -0.39 is 5.97 Å². The van der Waals surface area contributed by atoms with Gasteiger partial charge in [-0.05, 0) is 18.2 Å². The fourth-order valence-corrected chi connectivity index (χ4v) is 3.90. The van der Waals surface area contributed by atoms with Crippen molar-refractivity contribution in [3.63, 3.8) is 0 Å². The SMILES string of the molecule is COC(=O)C1=C(Nc2ccc(N3CCN(C(C)=O)CC3)c(Cl)c2)C(=O)N(CCO)C1. The summed E-state index contributed by atoms with van der Waals surface area (Å²) in [5.41, 5.74) is 1.72. The van der Waals surface area contributed by atoms with Crippen LogP contribution >= 0.6 is 11.6 Å². The Bertz CT molecular complexity index is 880. The number of halogens is 1. The van der Waals surface area contributed by atoms with E-state index >= 15 is 0 Å². The lowest BCUT2D eigenvalue weighted by Crippen LogP contribution is -2.48. The minimum Gasteiger partial charge on any atom is -0.466 e. The number of esters is 1. The average Bonchev–Trinajstić information content (AvgIpc) is 3.03. The number of aliphatic hydroxyl groups excluding tert-OH is 1. The van der Waals surface area contributed by atoms with Crippen molar-refractivity contribution in [3.8, 4) is 0 Å². The van der Waals surface area contributed by atoms with E-state index in [1.807, 2.05) is 6.07 Å². The second-order valence-electron chi connectivity index (χ2n) is 7.08. The fraction of sp³-hybridized carbons (Fsp3) is 0.450. The number of carbonyl (C=O) groups excluding carboxylic acids is 3. The molecule has 0 bridgehead atoms. The highest BCUT2D eigenvalue weighted by atomic mass is 35.5. The van der Waals surface area contributed by atoms with Crippen molar-refractivity contribution < 1.29 is 24.2 Å². The van der Waals surface area contributed by atoms with Gasteiger partial charge in [-0.15, -0.1) is 0 Å². The zero-order valence-corrected chi connectivity index (χ0v) is 17.7. The van der Waals surface area contributed by atoms with E-state index in [1.165, 1.54) is 12.0 Å². The van der Waals surface area contributed by atoms with Gasteiger partial charge >= 0.3 is 5.97 Å². The Kier molecular flexibility index (Phi) is 6.84. The zero-order valence-electron chi connectivity index (χ0n) is 17.0. The van der Waals surface area contributed by atoms with Crippen LogP contribution in [-0.4, -0.2) is 85.7 Å². The number of methoxy groups -OCH3 is 1. The number of hydrogen-bond donors (Lipinski definition) is 2. The summed E-state index contributed by atoms with van der Waals surface area (Å²) in [4.78, 5) is 41.5. The maximum Gasteiger partial charge on any atom is 0.337 e. The van der Waals surface area contributed by atoms with E-state index in [0.717, 1.165) is 5.69 Å². The summed E-state index contributed by atoms with van der Waals surface area (Å²) in [6.45, 7) is 4.18. The third-order valence-corrected chi connectivity index (χ3v) is 5.54. The van der Waals surface area contributed by atoms with Gasteiger partial charge in [-0.25, -0.2) is 4.79 Å². The second-order valence-corrected chi connectivity index (χ2v) is 7.49. The van der Waals surface area contributed by atoms with Gasteiger partial charge in [0.25, 0.3) is 5.91 Å². The first-order valence-corrected chi connectivity index (χ1v) is 10.0. The van der Waals surface area contributed by atoms with Crippen LogP contribution in [0.3, 0.4) is 0 Å². The van der Waals surface area contributed by atoms with Gasteiger partial charge in [0.2, 0.25) is 5.91 Å². The van der Waals surface area contributed by atoms with Gasteiger partial charge in [0, 0.05) is 45.3 Å². The number of rotatable bonds is 6. The number of β-amino-alcohol motifs (C(OH)–C–C–N with tert-alkyl or cyclic N) is 1. The smallest absolute Gasteiger partial charge is 0.337 e. The largest absolute Gasteiger partial charge is 0.466 e. The minimum absolute atomic E-state index is 0.0615. The first-order chi connectivity index (χ1) is 14.3. The Hall–Kier alpha value is -2.78. The number of benzene rings is 1. The molecule has 0 unspecified atom stereocenters. The van der Waals surface area contributed by atoms with Gasteiger partial charge in [0.1, 0.15) is 5.70 Å². The number of piperazine rings is 1. The molecule has 1 fully saturated rings. The summed E-state index contributed by atoms with van der Waals surface area (Å²) in [5.74, 6) is -0.922. The second kappa shape index (κ2) is 9.36. The zero-order chi connectivity index (χ0) is 21.8. The molecular weight excluding hydrogens is 412 g/mol. The van der Waals surface area contributed by atoms with Crippen molar-refractivity contribution in [2.75, 3.05) is 63.2 Å². The number of amides is 2. The number of carbonyl (C=O) groups is 3. The third kappa shape index (κ3) is 4.52. The number of nitrogens with zero attached hydrogens (tertiary/aromatic N) is 3. The van der Waals surface area contributed by atoms with E-state index in [9.17, 15) is 14.4 Å². The first kappa shape index (κ1) is 21.9. The quantitative estimate of drug-likeness (QED) is 0.632. The van der Waals surface area contributed by atoms with E-state index in [0.29, 0.717) is 36.9 Å². The summed E-state index contributed by atoms with van der Waals surface area (Å²) >= 11 is 6.49. The Morgan fingerprint density at radius 1 is 1.23 bits per heavy atom. The molecule has 0 saturated carbocycles. The molecule has 1 aromatic rings. The summed E-state index contributed by atoms with van der Waals surface area (Å²) in [5, 5.41) is 12.6. The van der Waals surface area contributed by atoms with Gasteiger partial charge in [-0.3, -0.25) is 9.59 Å². The molecule has 0 spiro atoms. The molecule has 2 amide bonds. The standard InChI is InChI=1S/C20H25ClN4O5/c1-13(27)23-5-7-24(8-6-23)17-4-3-14(11-16(17)21)22-18-15(20(29)30-2)12-25(9-10-26)19(18)28/h3-4,11,22,26H,5-10,12H2,1-2H3. The molecule has 30 heavy (non-hydrogen) atoms. The highest BCUT2D eigenvalue weighted by Gasteiger charge is 2.34. The fourth-order valence-electron chi connectivity index (χ4n) is 3.60. The summed E-state index contributed by atoms with van der Waals surface area (Å²) in [6.07, 6.45) is 0. The van der Waals surface area contributed by atoms with Gasteiger partial charge in [0.15, 0.2) is 0 Å². The van der Waals surface area contributed by atoms with Crippen molar-refractivity contribution in [2.24, 2.45) is 0 Å². The van der Waals surface area contributed by atoms with Crippen LogP contribution in [-0.2, 0) is 19.1 Å². The molecule has 2 aliphatic rings. The van der Waals surface area contributed by atoms with Crippen molar-refractivity contribution in [1.82, 2.24) is 9.80 Å². The van der Waals surface area contributed by atoms with Crippen LogP contribution in [0.5, 0.6) is 0 Å². The molecule has 2 heterocycles. The number of hydrogen-bond acceptors (Lipinski definition) is 7. The topological polar surface area (TPSA) is 102 Å². The van der Waals surface area contributed by atoms with Crippen LogP contribution in [0, 0.1) is 0 Å². The van der Waals surface area contributed by atoms with Gasteiger partial charge in [-0.2, -0.15) is 0 Å². The van der Waals surface area contributed by atoms with E-state index in [-0.39, 0.29) is 42.8 Å². The lowest BCUT2D eigenvalue weighted by molar-refractivity contribution is -0.136. The summed E-state index contributed by atoms with van der Waals surface area (Å²) in [6, 6.07) is 5.32. The van der Waals surface area contributed by atoms with E-state index in [1.54, 1.807) is 24.0 Å². The van der Waals surface area contributed by atoms with Gasteiger partial charge in [0.05, 0.1) is 36.5 Å². The molecule has 10 heteroatoms. The van der Waals surface area contributed by atoms with Crippen LogP contribution in [0.4, 0.5) is 11.4 Å². The maximum atomic E-state index is 12.6. The highest BCUT2D eigenvalue weighted by molar-refractivity contribution is 6.33. The monoisotopic (exact) mass is 436 g/mol. The summed E-state index contributed by atoms with van der Waals surface area (Å²) < 4.78 is 4.79. The van der Waals surface area contributed by atoms with Crippen molar-refractivity contribution >= 4 is 40.8 Å². The molecule has 1 aromatic carbocycles. The predicted octanol–water partition coefficient (Wildman–Crippen LogP) is 0.682. The molecular formula is C20H25ClN4O5. The van der Waals surface area contributed by atoms with Crippen LogP contribution in [0.15, 0.2) is 29.5 Å². The predicted molar refractivity (Wildman–Crippen MR) is 112 cm³/mol. The van der Waals surface area contributed by atoms with Crippen molar-refractivity contribution in [1.29, 1.82) is 0 Å². The van der Waals surface area contributed by atoms with Gasteiger partial charge < -0.3 is 29.9 Å². The molecule has 2 N–H and O–H groups in total. The minimum atomic E-state index is -0.600. The van der Waals surface area contributed by atoms with Crippen molar-refractivity contribution in [2.45, 2.75) is 6.92 Å². The Morgan fingerprint density at radius 3 is 2.50 bits per heavy atom. The molecule has 1 saturated heterocycles. The number of anilines is 2. The van der Waals surface area contributed by atoms with Crippen LogP contribution < -0.4 is 10.2 Å². The molecule has 0 atom stereocenters. The van der Waals surface area contributed by atoms with Crippen LogP contribution in [0.25, 0.3) is 0 Å². The molecule has 0 radical (unpaired) electrons. The molecule has 162 valence electrons. The van der Waals surface area contributed by atoms with Gasteiger partial charge in [-0.1, -0.05) is 11.6 Å². The van der Waals surface area contributed by atoms with Crippen LogP contribution in [0.2, 0.25) is 5.02 Å². The maximum absolute atomic E-state index is 12.6. The first-order valence-electron chi connectivity index (χ1n) is 9.64. The molecule has 2 aliphatic heterocycles. The number of nitrogens with one attached hydrogen (secondary N) is 1. The Labute approximate surface area is 179 Å². The van der Waals surface area contributed by atoms with E-state index in [4.69, 9.17) is 21.4 Å². The highest BCUT2D eigenvalue weighted by Crippen LogP contribution is 2.31. The number of ether oxygens (including phenoxy) is 1. The van der Waals surface area contributed by atoms with Crippen molar-refractivity contribution in [3.05, 3.63) is 34.5 Å². The normalized spacial score (nSPS) is 16.9. The summed E-state index contributed by atoms with van der Waals surface area (Å²) in [7, 11) is 1.25. The van der Waals surface area contributed by atoms with E-state index in [2.05, 4.69) is 10.2 Å². The lowest BCUT2D eigenvalue weighted by Gasteiger charge is -2.36. The Balaban J connectivity index is 1.77. The molecule has 0 aromatic heterocycles. The van der Waals surface area contributed by atoms with Crippen LogP contribution in [0.1, 0.15) is 6.92 Å². The number of aliphatic hydroxyl groups is 1. The molecule has 0 aliphatic carbocycles. The lowest BCUT2D eigenvalue weighted by atomic mass is 10.2. The third-order valence-electron chi connectivity index (χ3n) is 5.24. The Morgan fingerprint density at radius 2 is 1.93 bits per heavy atom. The molecule has 3 rings (SSSR count).